The molecule has 0 unspecified atom stereocenters. The number of rotatable bonds is 5. The number of carbonyl (C=O) groups excluding carboxylic acids is 1. The maximum absolute atomic E-state index is 13.1. The number of anilines is 1. The van der Waals surface area contributed by atoms with Gasteiger partial charge >= 0.3 is 6.09 Å². The van der Waals surface area contributed by atoms with Crippen molar-refractivity contribution in [1.29, 1.82) is 0 Å². The number of nitro benzene ring substituents is 1. The molecule has 1 aromatic heterocycles. The van der Waals surface area contributed by atoms with E-state index >= 15 is 0 Å². The third-order valence-corrected chi connectivity index (χ3v) is 4.16. The lowest BCUT2D eigenvalue weighted by Crippen LogP contribution is -2.12. The Morgan fingerprint density at radius 1 is 1.55 bits per heavy atom. The number of nitro groups is 1. The molecule has 0 aliphatic rings. The van der Waals surface area contributed by atoms with E-state index in [0.29, 0.717) is 4.34 Å². The second kappa shape index (κ2) is 7.13. The standard InChI is InChI=1S/C11H9FN4O4S2/c1-2-20-10(17)13-9-14-15-11(22-9)21-8-4-3-6(12)5-7(8)16(18)19/h3-5H,2H2,1H3,(H,13,14,17). The number of amides is 1. The van der Waals surface area contributed by atoms with Crippen LogP contribution in [0.4, 0.5) is 20.0 Å². The summed E-state index contributed by atoms with van der Waals surface area (Å²) >= 11 is 1.98. The normalized spacial score (nSPS) is 10.3. The van der Waals surface area contributed by atoms with E-state index < -0.39 is 16.8 Å². The molecule has 116 valence electrons. The van der Waals surface area contributed by atoms with Crippen LogP contribution >= 0.6 is 23.1 Å². The number of ether oxygens (including phenoxy) is 1. The van der Waals surface area contributed by atoms with Gasteiger partial charge in [0.25, 0.3) is 5.69 Å². The summed E-state index contributed by atoms with van der Waals surface area (Å²) in [5.74, 6) is -0.696. The van der Waals surface area contributed by atoms with E-state index in [1.807, 2.05) is 0 Å². The summed E-state index contributed by atoms with van der Waals surface area (Å²) in [7, 11) is 0. The summed E-state index contributed by atoms with van der Waals surface area (Å²) in [4.78, 5) is 21.7. The van der Waals surface area contributed by atoms with Gasteiger partial charge in [-0.3, -0.25) is 15.4 Å². The fourth-order valence-electron chi connectivity index (χ4n) is 1.37. The first kappa shape index (κ1) is 16.1. The highest BCUT2D eigenvalue weighted by Crippen LogP contribution is 2.37. The van der Waals surface area contributed by atoms with Crippen molar-refractivity contribution in [3.05, 3.63) is 34.1 Å². The van der Waals surface area contributed by atoms with Gasteiger partial charge in [-0.1, -0.05) is 11.3 Å². The zero-order valence-corrected chi connectivity index (χ0v) is 12.7. The average Bonchev–Trinajstić information content (AvgIpc) is 2.88. The molecule has 0 fully saturated rings. The van der Waals surface area contributed by atoms with Gasteiger partial charge in [0.2, 0.25) is 5.13 Å². The van der Waals surface area contributed by atoms with Crippen molar-refractivity contribution in [1.82, 2.24) is 10.2 Å². The van der Waals surface area contributed by atoms with Gasteiger partial charge in [-0.2, -0.15) is 0 Å². The number of halogens is 1. The summed E-state index contributed by atoms with van der Waals surface area (Å²) in [6.07, 6.45) is -0.664. The monoisotopic (exact) mass is 344 g/mol. The van der Waals surface area contributed by atoms with Crippen molar-refractivity contribution >= 4 is 40.0 Å². The van der Waals surface area contributed by atoms with Crippen LogP contribution in [0.3, 0.4) is 0 Å². The molecule has 0 spiro atoms. The molecule has 22 heavy (non-hydrogen) atoms. The smallest absolute Gasteiger partial charge is 0.413 e. The molecule has 0 saturated heterocycles. The number of hydrogen-bond donors (Lipinski definition) is 1. The minimum atomic E-state index is -0.696. The Morgan fingerprint density at radius 2 is 2.32 bits per heavy atom. The van der Waals surface area contributed by atoms with E-state index in [1.54, 1.807) is 6.92 Å². The molecular weight excluding hydrogens is 335 g/mol. The minimum Gasteiger partial charge on any atom is -0.450 e. The molecule has 1 aromatic carbocycles. The van der Waals surface area contributed by atoms with Gasteiger partial charge in [-0.25, -0.2) is 9.18 Å². The predicted molar refractivity (Wildman–Crippen MR) is 77.7 cm³/mol. The molecule has 0 radical (unpaired) electrons. The van der Waals surface area contributed by atoms with E-state index in [-0.39, 0.29) is 22.3 Å². The Hall–Kier alpha value is -2.27. The predicted octanol–water partition coefficient (Wildman–Crippen LogP) is 3.31. The molecule has 2 rings (SSSR count). The molecule has 1 N–H and O–H groups in total. The first-order chi connectivity index (χ1) is 10.5. The van der Waals surface area contributed by atoms with Gasteiger partial charge in [-0.15, -0.1) is 10.2 Å². The van der Waals surface area contributed by atoms with Crippen LogP contribution in [0.15, 0.2) is 27.4 Å². The van der Waals surface area contributed by atoms with Crippen molar-refractivity contribution in [2.24, 2.45) is 0 Å². The Bertz CT molecular complexity index is 709. The van der Waals surface area contributed by atoms with Crippen LogP contribution in [0.2, 0.25) is 0 Å². The number of carbonyl (C=O) groups is 1. The minimum absolute atomic E-state index is 0.200. The molecule has 0 aliphatic carbocycles. The Labute approximate surface area is 131 Å². The van der Waals surface area contributed by atoms with E-state index in [9.17, 15) is 19.3 Å². The summed E-state index contributed by atoms with van der Waals surface area (Å²) < 4.78 is 18.1. The molecule has 0 aliphatic heterocycles. The van der Waals surface area contributed by atoms with Crippen molar-refractivity contribution in [3.63, 3.8) is 0 Å². The highest BCUT2D eigenvalue weighted by molar-refractivity contribution is 8.01. The maximum atomic E-state index is 13.1. The van der Waals surface area contributed by atoms with Gasteiger partial charge in [0.1, 0.15) is 5.82 Å². The molecule has 0 bridgehead atoms. The van der Waals surface area contributed by atoms with Crippen LogP contribution in [-0.2, 0) is 4.74 Å². The van der Waals surface area contributed by atoms with Gasteiger partial charge in [0.15, 0.2) is 4.34 Å². The molecule has 11 heteroatoms. The third-order valence-electron chi connectivity index (χ3n) is 2.21. The quantitative estimate of drug-likeness (QED) is 0.503. The molecule has 0 atom stereocenters. The highest BCUT2D eigenvalue weighted by Gasteiger charge is 2.18. The second-order valence-corrected chi connectivity index (χ2v) is 5.96. The first-order valence-electron chi connectivity index (χ1n) is 5.88. The molecule has 8 nitrogen and oxygen atoms in total. The third kappa shape index (κ3) is 4.11. The summed E-state index contributed by atoms with van der Waals surface area (Å²) in [5.41, 5.74) is -0.361. The first-order valence-corrected chi connectivity index (χ1v) is 7.52. The van der Waals surface area contributed by atoms with Crippen LogP contribution in [0.25, 0.3) is 0 Å². The van der Waals surface area contributed by atoms with Crippen molar-refractivity contribution in [2.75, 3.05) is 11.9 Å². The fraction of sp³-hybridized carbons (Fsp3) is 0.182. The van der Waals surface area contributed by atoms with E-state index in [2.05, 4.69) is 20.3 Å². The summed E-state index contributed by atoms with van der Waals surface area (Å²) in [6, 6.07) is 3.24. The zero-order valence-electron chi connectivity index (χ0n) is 11.1. The number of hydrogen-bond acceptors (Lipinski definition) is 8. The van der Waals surface area contributed by atoms with Gasteiger partial charge in [-0.05, 0) is 30.8 Å². The SMILES string of the molecule is CCOC(=O)Nc1nnc(Sc2ccc(F)cc2[N+](=O)[O-])s1. The number of nitrogens with one attached hydrogen (secondary N) is 1. The number of nitrogens with zero attached hydrogens (tertiary/aromatic N) is 3. The average molecular weight is 344 g/mol. The molecule has 1 amide bonds. The molecule has 0 saturated carbocycles. The number of aromatic nitrogens is 2. The maximum Gasteiger partial charge on any atom is 0.413 e. The molecule has 2 aromatic rings. The lowest BCUT2D eigenvalue weighted by atomic mass is 10.3. The second-order valence-electron chi connectivity index (χ2n) is 3.69. The largest absolute Gasteiger partial charge is 0.450 e. The van der Waals surface area contributed by atoms with Gasteiger partial charge < -0.3 is 4.74 Å². The van der Waals surface area contributed by atoms with Gasteiger partial charge in [0.05, 0.1) is 22.5 Å². The van der Waals surface area contributed by atoms with E-state index in [0.717, 1.165) is 35.2 Å². The van der Waals surface area contributed by atoms with Crippen LogP contribution in [-0.4, -0.2) is 27.8 Å². The zero-order chi connectivity index (χ0) is 16.1. The fourth-order valence-corrected chi connectivity index (χ4v) is 3.15. The van der Waals surface area contributed by atoms with Crippen LogP contribution in [0, 0.1) is 15.9 Å². The summed E-state index contributed by atoms with van der Waals surface area (Å²) in [6.45, 7) is 1.88. The lowest BCUT2D eigenvalue weighted by Gasteiger charge is -2.00. The highest BCUT2D eigenvalue weighted by atomic mass is 32.2. The Balaban J connectivity index is 2.13. The van der Waals surface area contributed by atoms with Crippen molar-refractivity contribution in [3.8, 4) is 0 Å². The van der Waals surface area contributed by atoms with Crippen molar-refractivity contribution in [2.45, 2.75) is 16.2 Å². The molecular formula is C11H9FN4O4S2. The van der Waals surface area contributed by atoms with E-state index in [1.165, 1.54) is 6.07 Å². The lowest BCUT2D eigenvalue weighted by molar-refractivity contribution is -0.387. The van der Waals surface area contributed by atoms with E-state index in [4.69, 9.17) is 0 Å². The van der Waals surface area contributed by atoms with Crippen LogP contribution < -0.4 is 5.32 Å². The Kier molecular flexibility index (Phi) is 5.22. The molecule has 1 heterocycles. The summed E-state index contributed by atoms with van der Waals surface area (Å²) in [5, 5.41) is 21.0. The van der Waals surface area contributed by atoms with Crippen LogP contribution in [0.5, 0.6) is 0 Å². The van der Waals surface area contributed by atoms with Crippen molar-refractivity contribution < 1.29 is 18.8 Å². The Morgan fingerprint density at radius 3 is 3.00 bits per heavy atom. The topological polar surface area (TPSA) is 107 Å². The van der Waals surface area contributed by atoms with Crippen LogP contribution in [0.1, 0.15) is 6.92 Å². The van der Waals surface area contributed by atoms with Gasteiger partial charge in [0, 0.05) is 0 Å². The number of benzene rings is 1.